The molecule has 4 unspecified atom stereocenters. The molecule has 23 heteroatoms. The van der Waals surface area contributed by atoms with Gasteiger partial charge < -0.3 is 57.4 Å². The van der Waals surface area contributed by atoms with E-state index in [0.717, 1.165) is 32.9 Å². The number of carbonyl (C=O) groups excluding carboxylic acids is 4. The van der Waals surface area contributed by atoms with E-state index in [2.05, 4.69) is 67.4 Å². The first kappa shape index (κ1) is 61.4. The molecule has 0 saturated heterocycles. The first-order valence-corrected chi connectivity index (χ1v) is 28.9. The highest BCUT2D eigenvalue weighted by atomic mass is 79.9. The van der Waals surface area contributed by atoms with Crippen LogP contribution in [0.3, 0.4) is 0 Å². The van der Waals surface area contributed by atoms with Crippen LogP contribution in [0.25, 0.3) is 44.3 Å². The number of carbonyl (C=O) groups is 4. The molecular formula is C60H63BrCl3N13O6. The first-order chi connectivity index (χ1) is 40.0. The van der Waals surface area contributed by atoms with E-state index in [4.69, 9.17) is 45.5 Å². The fourth-order valence-corrected chi connectivity index (χ4v) is 10.4. The van der Waals surface area contributed by atoms with Gasteiger partial charge in [-0.1, -0.05) is 87.7 Å². The van der Waals surface area contributed by atoms with Gasteiger partial charge in [-0.3, -0.25) is 19.2 Å². The zero-order valence-corrected chi connectivity index (χ0v) is 49.2. The molecule has 4 aromatic heterocycles. The number of aliphatic hydroxyl groups excluding tert-OH is 2. The molecule has 83 heavy (non-hydrogen) atoms. The lowest BCUT2D eigenvalue weighted by Crippen LogP contribution is -2.46. The van der Waals surface area contributed by atoms with Crippen molar-refractivity contribution in [3.8, 4) is 22.5 Å². The number of rotatable bonds is 16. The molecule has 2 saturated carbocycles. The summed E-state index contributed by atoms with van der Waals surface area (Å²) in [4.78, 5) is 74.0. The maximum absolute atomic E-state index is 13.0. The predicted molar refractivity (Wildman–Crippen MR) is 333 cm³/mol. The maximum atomic E-state index is 13.0. The number of aromatic nitrogens is 6. The van der Waals surface area contributed by atoms with E-state index >= 15 is 0 Å². The number of nitrogens with one attached hydrogen (secondary N) is 7. The van der Waals surface area contributed by atoms with Crippen molar-refractivity contribution >= 4 is 119 Å². The lowest BCUT2D eigenvalue weighted by atomic mass is 9.88. The topological polar surface area (TPSA) is 281 Å². The number of benzene rings is 4. The van der Waals surface area contributed by atoms with E-state index in [1.807, 2.05) is 79.9 Å². The average molecular weight is 1250 g/mol. The fourth-order valence-electron chi connectivity index (χ4n) is 9.77. The lowest BCUT2D eigenvalue weighted by molar-refractivity contribution is -0.112. The van der Waals surface area contributed by atoms with E-state index in [9.17, 15) is 29.4 Å². The molecule has 6 atom stereocenters. The van der Waals surface area contributed by atoms with Crippen LogP contribution in [0.2, 0.25) is 10.0 Å². The number of nitrogens with zero attached hydrogens (tertiary/aromatic N) is 5. The molecule has 8 aromatic rings. The molecule has 0 spiro atoms. The molecule has 0 radical (unpaired) electrons. The number of allylic oxidation sites excluding steroid dienone is 2. The van der Waals surface area contributed by atoms with Gasteiger partial charge in [0.15, 0.2) is 0 Å². The minimum absolute atomic E-state index is 0.113. The van der Waals surface area contributed by atoms with Crippen LogP contribution in [0.4, 0.5) is 23.3 Å². The van der Waals surface area contributed by atoms with Gasteiger partial charge in [-0.25, -0.2) is 19.9 Å². The number of fused-ring (bicyclic) bond motifs is 2. The quantitative estimate of drug-likeness (QED) is 0.0187. The van der Waals surface area contributed by atoms with Crippen LogP contribution in [0, 0.1) is 0 Å². The molecule has 10 rings (SSSR count). The van der Waals surface area contributed by atoms with Crippen LogP contribution < -0.4 is 32.3 Å². The van der Waals surface area contributed by atoms with Crippen molar-refractivity contribution < 1.29 is 29.4 Å². The van der Waals surface area contributed by atoms with Gasteiger partial charge in [-0.15, -0.1) is 0 Å². The van der Waals surface area contributed by atoms with Crippen molar-refractivity contribution in [2.45, 2.75) is 74.9 Å². The number of aliphatic hydroxyl groups is 2. The first-order valence-electron chi connectivity index (χ1n) is 26.7. The van der Waals surface area contributed by atoms with Gasteiger partial charge in [-0.05, 0) is 131 Å². The van der Waals surface area contributed by atoms with E-state index in [1.54, 1.807) is 73.1 Å². The van der Waals surface area contributed by atoms with Crippen molar-refractivity contribution in [3.05, 3.63) is 167 Å². The molecular weight excluding hydrogens is 1190 g/mol. The third kappa shape index (κ3) is 17.7. The molecule has 19 nitrogen and oxygen atoms in total. The zero-order chi connectivity index (χ0) is 59.0. The lowest BCUT2D eigenvalue weighted by Gasteiger charge is -2.33. The Morgan fingerprint density at radius 3 is 1.55 bits per heavy atom. The largest absolute Gasteiger partial charge is 0.399 e. The summed E-state index contributed by atoms with van der Waals surface area (Å²) in [6, 6.07) is 28.6. The highest BCUT2D eigenvalue weighted by Crippen LogP contribution is 2.35. The standard InChI is InChI=1S/C31H34ClN7O3.C25H25ClN6O2.C4H4BrClO/c1-39(2)13-5-8-28(41)35-20-11-9-19(10-12-20)30(42)36-21-14-22(16-23(40)15-21)37-31-34-18-26(32)29(38-31)25-17-33-27-7-4-3-6-24(25)27;26-21-13-29-25(32-23(21)20-12-28-22-4-2-1-3-19(20)22)31-17-9-16(10-18(33)11-17)30-24(34)14-5-7-15(27)8-6-14;5-3-1-2-4(6)7/h3-12,17-18,21-23,33,40H,13-16H2,1-2H3,(H,35,41)(H,36,42)(H,34,37,38);1-8,12-13,16-18,28,33H,9-11,27H2,(H,30,34)(H,29,31,32);1-2H,3H2/b8-5+;;2-1+/t21?,22?,23-;16?,17?,18-;/m00./s1. The number of alkyl halides is 1. The van der Waals surface area contributed by atoms with Crippen molar-refractivity contribution in [1.82, 2.24) is 45.4 Å². The number of likely N-dealkylation sites (N-methyl/N-ethyl adjacent to an activating group) is 1. The number of amides is 3. The van der Waals surface area contributed by atoms with Gasteiger partial charge in [0.25, 0.3) is 11.8 Å². The Morgan fingerprint density at radius 2 is 1.11 bits per heavy atom. The van der Waals surface area contributed by atoms with Crippen molar-refractivity contribution in [1.29, 1.82) is 0 Å². The maximum Gasteiger partial charge on any atom is 0.251 e. The number of hydrogen-bond donors (Lipinski definition) is 10. The number of para-hydroxylation sites is 2. The molecule has 3 amide bonds. The summed E-state index contributed by atoms with van der Waals surface area (Å²) in [5, 5.41) is 39.7. The second kappa shape index (κ2) is 29.5. The SMILES string of the molecule is CN(C)C/C=C/C(=O)Nc1ccc(C(=O)NC2CC(Nc3ncc(Cl)c(-c4c[nH]c5ccccc45)n3)C[C@@H](O)C2)cc1.Nc1ccc(C(=O)NC2CC(Nc3ncc(Cl)c(-c4c[nH]c5ccccc45)n3)C[C@@H](O)C2)cc1.O=C(Cl)/C=C/CBr. The van der Waals surface area contributed by atoms with E-state index in [0.29, 0.717) is 106 Å². The van der Waals surface area contributed by atoms with Crippen LogP contribution >= 0.6 is 50.7 Å². The fraction of sp³-hybridized carbons (Fsp3) is 0.267. The summed E-state index contributed by atoms with van der Waals surface area (Å²) < 4.78 is 0. The number of nitrogens with two attached hydrogens (primary N) is 1. The molecule has 2 aliphatic carbocycles. The van der Waals surface area contributed by atoms with Gasteiger partial charge in [0.1, 0.15) is 0 Å². The number of halogens is 4. The zero-order valence-electron chi connectivity index (χ0n) is 45.3. The monoisotopic (exact) mass is 1250 g/mol. The van der Waals surface area contributed by atoms with E-state index in [1.165, 1.54) is 12.2 Å². The van der Waals surface area contributed by atoms with Crippen molar-refractivity contribution in [2.24, 2.45) is 0 Å². The third-order valence-electron chi connectivity index (χ3n) is 13.5. The summed E-state index contributed by atoms with van der Waals surface area (Å²) in [5.74, 6) is 0.149. The Hall–Kier alpha value is -7.69. The Balaban J connectivity index is 0.000000198. The second-order valence-corrected chi connectivity index (χ2v) is 22.1. The average Bonchev–Trinajstić information content (AvgIpc) is 4.27. The van der Waals surface area contributed by atoms with Crippen LogP contribution in [0.5, 0.6) is 0 Å². The molecule has 4 heterocycles. The highest BCUT2D eigenvalue weighted by molar-refractivity contribution is 9.09. The smallest absolute Gasteiger partial charge is 0.251 e. The van der Waals surface area contributed by atoms with Crippen molar-refractivity contribution in [2.75, 3.05) is 47.7 Å². The van der Waals surface area contributed by atoms with Gasteiger partial charge in [-0.2, -0.15) is 0 Å². The number of H-pyrrole nitrogens is 2. The number of nitrogen functional groups attached to an aromatic ring is 1. The Bertz CT molecular complexity index is 3580. The molecule has 11 N–H and O–H groups in total. The van der Waals surface area contributed by atoms with Crippen LogP contribution in [-0.2, 0) is 9.59 Å². The highest BCUT2D eigenvalue weighted by Gasteiger charge is 2.31. The van der Waals surface area contributed by atoms with Crippen molar-refractivity contribution in [3.63, 3.8) is 0 Å². The minimum atomic E-state index is -0.597. The third-order valence-corrected chi connectivity index (χ3v) is 14.6. The molecule has 2 fully saturated rings. The van der Waals surface area contributed by atoms with Crippen LogP contribution in [0.15, 0.2) is 146 Å². The normalized spacial score (nSPS) is 18.7. The second-order valence-electron chi connectivity index (χ2n) is 20.2. The Morgan fingerprint density at radius 1 is 0.651 bits per heavy atom. The Labute approximate surface area is 503 Å². The summed E-state index contributed by atoms with van der Waals surface area (Å²) >= 11 is 20.9. The van der Waals surface area contributed by atoms with Gasteiger partial charge in [0.2, 0.25) is 23.0 Å². The predicted octanol–water partition coefficient (Wildman–Crippen LogP) is 10.1. The minimum Gasteiger partial charge on any atom is -0.399 e. The number of anilines is 4. The molecule has 4 aromatic carbocycles. The number of hydrogen-bond acceptors (Lipinski definition) is 14. The summed E-state index contributed by atoms with van der Waals surface area (Å²) in [5.41, 5.74) is 12.9. The molecule has 432 valence electrons. The molecule has 0 aliphatic heterocycles. The van der Waals surface area contributed by atoms with Gasteiger partial charge in [0.05, 0.1) is 46.0 Å². The van der Waals surface area contributed by atoms with Crippen LogP contribution in [-0.4, -0.2) is 130 Å². The van der Waals surface area contributed by atoms with E-state index in [-0.39, 0.29) is 41.9 Å². The van der Waals surface area contributed by atoms with Crippen LogP contribution in [0.1, 0.15) is 59.2 Å². The van der Waals surface area contributed by atoms with Gasteiger partial charge in [0, 0.05) is 110 Å². The Kier molecular flexibility index (Phi) is 21.8. The van der Waals surface area contributed by atoms with E-state index < -0.39 is 17.5 Å². The summed E-state index contributed by atoms with van der Waals surface area (Å²) in [6.45, 7) is 0.664. The summed E-state index contributed by atoms with van der Waals surface area (Å²) in [6.07, 6.45) is 15.1. The summed E-state index contributed by atoms with van der Waals surface area (Å²) in [7, 11) is 3.85. The van der Waals surface area contributed by atoms with Gasteiger partial charge >= 0.3 is 0 Å². The molecule has 0 bridgehead atoms. The number of aromatic amines is 2. The molecule has 2 aliphatic rings.